The van der Waals surface area contributed by atoms with Crippen LogP contribution in [0.4, 0.5) is 0 Å². The van der Waals surface area contributed by atoms with Gasteiger partial charge in [0.2, 0.25) is 0 Å². The zero-order valence-electron chi connectivity index (χ0n) is 13.6. The molecule has 2 aromatic carbocycles. The van der Waals surface area contributed by atoms with E-state index < -0.39 is 5.91 Å². The standard InChI is InChI=1S/C18H19N3O3/c1-13-5-3-4-6-16(13)18(23)19-12-17(22)21-20-11-14-7-9-15(24-2)10-8-14/h3-11H,12H2,1-2H3,(H,19,23)(H,21,22)/b20-11-. The van der Waals surface area contributed by atoms with Gasteiger partial charge in [-0.05, 0) is 48.4 Å². The van der Waals surface area contributed by atoms with Crippen molar-refractivity contribution in [1.82, 2.24) is 10.7 Å². The van der Waals surface area contributed by atoms with Crippen LogP contribution >= 0.6 is 0 Å². The number of aryl methyl sites for hydroxylation is 1. The molecule has 0 aliphatic carbocycles. The molecule has 124 valence electrons. The Morgan fingerprint density at radius 2 is 1.83 bits per heavy atom. The summed E-state index contributed by atoms with van der Waals surface area (Å²) < 4.78 is 5.06. The molecule has 0 atom stereocenters. The Kier molecular flexibility index (Phi) is 6.08. The number of methoxy groups -OCH3 is 1. The molecule has 0 fully saturated rings. The number of hydrazone groups is 1. The highest BCUT2D eigenvalue weighted by atomic mass is 16.5. The van der Waals surface area contributed by atoms with Crippen molar-refractivity contribution in [3.05, 3.63) is 65.2 Å². The summed E-state index contributed by atoms with van der Waals surface area (Å²) >= 11 is 0. The van der Waals surface area contributed by atoms with Crippen LogP contribution in [0.3, 0.4) is 0 Å². The number of rotatable bonds is 6. The normalized spacial score (nSPS) is 10.4. The summed E-state index contributed by atoms with van der Waals surface area (Å²) in [5.41, 5.74) is 4.59. The van der Waals surface area contributed by atoms with Crippen molar-refractivity contribution in [3.8, 4) is 5.75 Å². The average Bonchev–Trinajstić information content (AvgIpc) is 2.60. The minimum Gasteiger partial charge on any atom is -0.497 e. The maximum absolute atomic E-state index is 12.0. The first-order valence-corrected chi connectivity index (χ1v) is 7.40. The molecule has 0 heterocycles. The lowest BCUT2D eigenvalue weighted by Crippen LogP contribution is -2.35. The summed E-state index contributed by atoms with van der Waals surface area (Å²) in [6.07, 6.45) is 1.51. The van der Waals surface area contributed by atoms with E-state index >= 15 is 0 Å². The van der Waals surface area contributed by atoms with Crippen molar-refractivity contribution < 1.29 is 14.3 Å². The van der Waals surface area contributed by atoms with E-state index in [1.165, 1.54) is 6.21 Å². The summed E-state index contributed by atoms with van der Waals surface area (Å²) in [5.74, 6) is 0.0548. The highest BCUT2D eigenvalue weighted by molar-refractivity contribution is 5.97. The number of hydrogen-bond acceptors (Lipinski definition) is 4. The van der Waals surface area contributed by atoms with Gasteiger partial charge in [-0.15, -0.1) is 0 Å². The molecule has 2 N–H and O–H groups in total. The molecule has 0 saturated heterocycles. The third-order valence-corrected chi connectivity index (χ3v) is 3.32. The summed E-state index contributed by atoms with van der Waals surface area (Å²) in [7, 11) is 1.59. The van der Waals surface area contributed by atoms with Gasteiger partial charge in [0.15, 0.2) is 0 Å². The topological polar surface area (TPSA) is 79.8 Å². The summed E-state index contributed by atoms with van der Waals surface area (Å²) in [6, 6.07) is 14.4. The molecule has 0 aromatic heterocycles. The number of benzene rings is 2. The largest absolute Gasteiger partial charge is 0.497 e. The van der Waals surface area contributed by atoms with Crippen LogP contribution in [0.2, 0.25) is 0 Å². The second-order valence-corrected chi connectivity index (χ2v) is 5.06. The molecule has 0 aliphatic heterocycles. The Labute approximate surface area is 140 Å². The highest BCUT2D eigenvalue weighted by Gasteiger charge is 2.09. The monoisotopic (exact) mass is 325 g/mol. The Bertz CT molecular complexity index is 739. The van der Waals surface area contributed by atoms with E-state index in [-0.39, 0.29) is 12.5 Å². The van der Waals surface area contributed by atoms with Gasteiger partial charge in [-0.1, -0.05) is 18.2 Å². The lowest BCUT2D eigenvalue weighted by molar-refractivity contribution is -0.120. The van der Waals surface area contributed by atoms with E-state index in [9.17, 15) is 9.59 Å². The zero-order valence-corrected chi connectivity index (χ0v) is 13.6. The first kappa shape index (κ1) is 17.2. The number of hydrogen-bond donors (Lipinski definition) is 2. The number of ether oxygens (including phenoxy) is 1. The lowest BCUT2D eigenvalue weighted by atomic mass is 10.1. The first-order valence-electron chi connectivity index (χ1n) is 7.40. The highest BCUT2D eigenvalue weighted by Crippen LogP contribution is 2.09. The molecule has 24 heavy (non-hydrogen) atoms. The van der Waals surface area contributed by atoms with Crippen LogP contribution in [-0.2, 0) is 4.79 Å². The molecule has 0 saturated carbocycles. The summed E-state index contributed by atoms with van der Waals surface area (Å²) in [4.78, 5) is 23.7. The molecular weight excluding hydrogens is 306 g/mol. The minimum atomic E-state index is -0.401. The summed E-state index contributed by atoms with van der Waals surface area (Å²) in [5, 5.41) is 6.41. The minimum absolute atomic E-state index is 0.146. The summed E-state index contributed by atoms with van der Waals surface area (Å²) in [6.45, 7) is 1.70. The van der Waals surface area contributed by atoms with Crippen LogP contribution in [0.15, 0.2) is 53.6 Å². The molecule has 0 aliphatic rings. The molecule has 0 spiro atoms. The van der Waals surface area contributed by atoms with Gasteiger partial charge in [-0.25, -0.2) is 5.43 Å². The molecule has 2 amide bonds. The molecule has 0 bridgehead atoms. The van der Waals surface area contributed by atoms with Gasteiger partial charge in [-0.3, -0.25) is 9.59 Å². The number of nitrogens with one attached hydrogen (secondary N) is 2. The third kappa shape index (κ3) is 4.95. The van der Waals surface area contributed by atoms with Gasteiger partial charge in [-0.2, -0.15) is 5.10 Å². The van der Waals surface area contributed by atoms with Gasteiger partial charge in [0.1, 0.15) is 5.75 Å². The van der Waals surface area contributed by atoms with Crippen molar-refractivity contribution in [2.45, 2.75) is 6.92 Å². The van der Waals surface area contributed by atoms with E-state index in [2.05, 4.69) is 15.8 Å². The van der Waals surface area contributed by atoms with E-state index in [0.29, 0.717) is 5.56 Å². The Morgan fingerprint density at radius 3 is 2.50 bits per heavy atom. The lowest BCUT2D eigenvalue weighted by Gasteiger charge is -2.06. The molecule has 2 rings (SSSR count). The third-order valence-electron chi connectivity index (χ3n) is 3.32. The first-order chi connectivity index (χ1) is 11.6. The second kappa shape index (κ2) is 8.47. The fourth-order valence-corrected chi connectivity index (χ4v) is 1.99. The average molecular weight is 325 g/mol. The number of nitrogens with zero attached hydrogens (tertiary/aromatic N) is 1. The molecule has 0 unspecified atom stereocenters. The fourth-order valence-electron chi connectivity index (χ4n) is 1.99. The molecule has 2 aromatic rings. The van der Waals surface area contributed by atoms with Crippen molar-refractivity contribution in [2.75, 3.05) is 13.7 Å². The van der Waals surface area contributed by atoms with Crippen LogP contribution in [0.1, 0.15) is 21.5 Å². The zero-order chi connectivity index (χ0) is 17.4. The Balaban J connectivity index is 1.79. The van der Waals surface area contributed by atoms with Crippen molar-refractivity contribution in [3.63, 3.8) is 0 Å². The van der Waals surface area contributed by atoms with Crippen molar-refractivity contribution in [2.24, 2.45) is 5.10 Å². The van der Waals surface area contributed by atoms with Crippen LogP contribution in [-0.4, -0.2) is 31.7 Å². The Morgan fingerprint density at radius 1 is 1.12 bits per heavy atom. The maximum atomic E-state index is 12.0. The van der Waals surface area contributed by atoms with Crippen LogP contribution < -0.4 is 15.5 Å². The van der Waals surface area contributed by atoms with Gasteiger partial charge in [0.05, 0.1) is 19.9 Å². The molecular formula is C18H19N3O3. The van der Waals surface area contributed by atoms with Crippen LogP contribution in [0.25, 0.3) is 0 Å². The number of amides is 2. The Hall–Kier alpha value is -3.15. The van der Waals surface area contributed by atoms with Gasteiger partial charge < -0.3 is 10.1 Å². The smallest absolute Gasteiger partial charge is 0.259 e. The predicted molar refractivity (Wildman–Crippen MR) is 92.2 cm³/mol. The maximum Gasteiger partial charge on any atom is 0.259 e. The second-order valence-electron chi connectivity index (χ2n) is 5.06. The quantitative estimate of drug-likeness (QED) is 0.629. The van der Waals surface area contributed by atoms with Crippen molar-refractivity contribution in [1.29, 1.82) is 0 Å². The van der Waals surface area contributed by atoms with Gasteiger partial charge >= 0.3 is 0 Å². The van der Waals surface area contributed by atoms with Crippen LogP contribution in [0, 0.1) is 6.92 Å². The fraction of sp³-hybridized carbons (Fsp3) is 0.167. The van der Waals surface area contributed by atoms with E-state index in [1.54, 1.807) is 31.4 Å². The predicted octanol–water partition coefficient (Wildman–Crippen LogP) is 1.88. The van der Waals surface area contributed by atoms with E-state index in [0.717, 1.165) is 16.9 Å². The molecule has 0 radical (unpaired) electrons. The van der Waals surface area contributed by atoms with Crippen LogP contribution in [0.5, 0.6) is 5.75 Å². The number of carbonyl (C=O) groups is 2. The van der Waals surface area contributed by atoms with Gasteiger partial charge in [0, 0.05) is 5.56 Å². The number of carbonyl (C=O) groups excluding carboxylic acids is 2. The molecule has 6 nitrogen and oxygen atoms in total. The molecule has 6 heteroatoms. The SMILES string of the molecule is COc1ccc(/C=N\NC(=O)CNC(=O)c2ccccc2C)cc1. The van der Waals surface area contributed by atoms with E-state index in [1.807, 2.05) is 31.2 Å². The van der Waals surface area contributed by atoms with E-state index in [4.69, 9.17) is 4.74 Å². The van der Waals surface area contributed by atoms with Gasteiger partial charge in [0.25, 0.3) is 11.8 Å². The van der Waals surface area contributed by atoms with Crippen molar-refractivity contribution >= 4 is 18.0 Å².